The third-order valence-electron chi connectivity index (χ3n) is 5.77. The second-order valence-corrected chi connectivity index (χ2v) is 7.87. The van der Waals surface area contributed by atoms with E-state index < -0.39 is 11.6 Å². The number of hydrogen-bond donors (Lipinski definition) is 0. The summed E-state index contributed by atoms with van der Waals surface area (Å²) in [5, 5.41) is 2.02. The van der Waals surface area contributed by atoms with Crippen LogP contribution in [0.4, 0.5) is 0 Å². The Morgan fingerprint density at radius 2 is 1.56 bits per heavy atom. The Labute approximate surface area is 187 Å². The lowest BCUT2D eigenvalue weighted by Crippen LogP contribution is -2.35. The molecule has 3 nitrogen and oxygen atoms in total. The predicted octanol–water partition coefficient (Wildman–Crippen LogP) is 6.55. The van der Waals surface area contributed by atoms with Gasteiger partial charge in [0.1, 0.15) is 11.5 Å². The van der Waals surface area contributed by atoms with Crippen LogP contribution < -0.4 is 4.74 Å². The van der Waals surface area contributed by atoms with Gasteiger partial charge in [0.25, 0.3) is 0 Å². The number of carbonyl (C=O) groups excluding carboxylic acids is 1. The third-order valence-corrected chi connectivity index (χ3v) is 5.77. The number of benzene rings is 4. The van der Waals surface area contributed by atoms with E-state index in [2.05, 4.69) is 19.6 Å². The fourth-order valence-corrected chi connectivity index (χ4v) is 4.28. The molecule has 0 aliphatic carbocycles. The maximum atomic E-state index is 12.3. The van der Waals surface area contributed by atoms with Crippen LogP contribution in [0.25, 0.3) is 16.5 Å². The van der Waals surface area contributed by atoms with Gasteiger partial charge in [0.05, 0.1) is 5.56 Å². The molecular formula is C29H22O3. The molecule has 0 fully saturated rings. The summed E-state index contributed by atoms with van der Waals surface area (Å²) in [4.78, 5) is 12.3. The first kappa shape index (κ1) is 19.8. The summed E-state index contributed by atoms with van der Waals surface area (Å²) >= 11 is 0. The van der Waals surface area contributed by atoms with Gasteiger partial charge in [-0.25, -0.2) is 4.79 Å². The molecule has 0 spiro atoms. The van der Waals surface area contributed by atoms with Gasteiger partial charge >= 0.3 is 5.97 Å². The van der Waals surface area contributed by atoms with E-state index in [0.29, 0.717) is 11.5 Å². The normalized spacial score (nSPS) is 14.1. The monoisotopic (exact) mass is 418 g/mol. The van der Waals surface area contributed by atoms with Gasteiger partial charge in [-0.1, -0.05) is 97.1 Å². The molecule has 156 valence electrons. The highest BCUT2D eigenvalue weighted by atomic mass is 16.5. The summed E-state index contributed by atoms with van der Waals surface area (Å²) < 4.78 is 12.6. The van der Waals surface area contributed by atoms with Crippen LogP contribution in [0.15, 0.2) is 110 Å². The van der Waals surface area contributed by atoms with Crippen LogP contribution in [0.1, 0.15) is 22.3 Å². The summed E-state index contributed by atoms with van der Waals surface area (Å²) in [5.41, 5.74) is 2.84. The van der Waals surface area contributed by atoms with Crippen molar-refractivity contribution in [2.75, 3.05) is 0 Å². The number of hydrogen-bond acceptors (Lipinski definition) is 3. The first-order valence-corrected chi connectivity index (χ1v) is 10.5. The van der Waals surface area contributed by atoms with Gasteiger partial charge in [0.2, 0.25) is 0 Å². The lowest BCUT2D eigenvalue weighted by molar-refractivity contribution is -0.131. The fourth-order valence-electron chi connectivity index (χ4n) is 4.28. The Kier molecular flexibility index (Phi) is 4.87. The number of ether oxygens (including phenoxy) is 2. The van der Waals surface area contributed by atoms with Gasteiger partial charge in [-0.2, -0.15) is 0 Å². The SMILES string of the molecule is C=CC(=O)OC1=CC(c2ccccc2)(c2ccccc2)Oc2ccc3cc(C)ccc3c21. The van der Waals surface area contributed by atoms with Gasteiger partial charge in [0, 0.05) is 23.3 Å². The molecule has 32 heavy (non-hydrogen) atoms. The molecular weight excluding hydrogens is 396 g/mol. The topological polar surface area (TPSA) is 35.5 Å². The molecule has 4 aromatic carbocycles. The van der Waals surface area contributed by atoms with Crippen molar-refractivity contribution in [3.05, 3.63) is 132 Å². The average Bonchev–Trinajstić information content (AvgIpc) is 2.84. The van der Waals surface area contributed by atoms with Crippen molar-refractivity contribution >= 4 is 22.5 Å². The number of carbonyl (C=O) groups is 1. The molecule has 0 atom stereocenters. The maximum absolute atomic E-state index is 12.3. The number of rotatable bonds is 4. The minimum atomic E-state index is -0.954. The van der Waals surface area contributed by atoms with Crippen molar-refractivity contribution in [3.63, 3.8) is 0 Å². The smallest absolute Gasteiger partial charge is 0.335 e. The van der Waals surface area contributed by atoms with Crippen LogP contribution in [0, 0.1) is 6.92 Å². The second-order valence-electron chi connectivity index (χ2n) is 7.87. The van der Waals surface area contributed by atoms with Gasteiger partial charge < -0.3 is 9.47 Å². The lowest BCUT2D eigenvalue weighted by Gasteiger charge is -2.37. The molecule has 5 rings (SSSR count). The van der Waals surface area contributed by atoms with Crippen LogP contribution in [-0.2, 0) is 15.1 Å². The van der Waals surface area contributed by atoms with Crippen LogP contribution in [0.3, 0.4) is 0 Å². The molecule has 0 saturated heterocycles. The summed E-state index contributed by atoms with van der Waals surface area (Å²) in [7, 11) is 0. The lowest BCUT2D eigenvalue weighted by atomic mass is 9.82. The van der Waals surface area contributed by atoms with Crippen LogP contribution in [0.5, 0.6) is 5.75 Å². The van der Waals surface area contributed by atoms with Gasteiger partial charge in [-0.05, 0) is 23.8 Å². The number of fused-ring (bicyclic) bond motifs is 3. The van der Waals surface area contributed by atoms with Gasteiger partial charge in [0.15, 0.2) is 5.60 Å². The highest BCUT2D eigenvalue weighted by Crippen LogP contribution is 2.47. The quantitative estimate of drug-likeness (QED) is 0.278. The first-order chi connectivity index (χ1) is 15.6. The summed E-state index contributed by atoms with van der Waals surface area (Å²) in [6, 6.07) is 30.1. The summed E-state index contributed by atoms with van der Waals surface area (Å²) in [5.74, 6) is 0.602. The Bertz CT molecular complexity index is 1310. The summed E-state index contributed by atoms with van der Waals surface area (Å²) in [6.07, 6.45) is 3.08. The molecule has 0 radical (unpaired) electrons. The van der Waals surface area contributed by atoms with Crippen molar-refractivity contribution in [3.8, 4) is 5.75 Å². The van der Waals surface area contributed by atoms with E-state index in [4.69, 9.17) is 9.47 Å². The zero-order valence-electron chi connectivity index (χ0n) is 17.7. The largest absolute Gasteiger partial charge is 0.473 e. The Morgan fingerprint density at radius 3 is 2.19 bits per heavy atom. The molecule has 4 aromatic rings. The van der Waals surface area contributed by atoms with Crippen molar-refractivity contribution in [1.29, 1.82) is 0 Å². The first-order valence-electron chi connectivity index (χ1n) is 10.5. The van der Waals surface area contributed by atoms with E-state index in [1.807, 2.05) is 91.0 Å². The minimum absolute atomic E-state index is 0.457. The molecule has 0 saturated carbocycles. The van der Waals surface area contributed by atoms with E-state index in [1.165, 1.54) is 6.08 Å². The van der Waals surface area contributed by atoms with E-state index in [9.17, 15) is 4.79 Å². The molecule has 0 unspecified atom stereocenters. The molecule has 0 aromatic heterocycles. The van der Waals surface area contributed by atoms with Crippen LogP contribution in [0.2, 0.25) is 0 Å². The number of esters is 1. The van der Waals surface area contributed by atoms with Crippen molar-refractivity contribution in [1.82, 2.24) is 0 Å². The Morgan fingerprint density at radius 1 is 0.906 bits per heavy atom. The van der Waals surface area contributed by atoms with Gasteiger partial charge in [-0.3, -0.25) is 0 Å². The van der Waals surface area contributed by atoms with E-state index >= 15 is 0 Å². The average molecular weight is 418 g/mol. The highest BCUT2D eigenvalue weighted by Gasteiger charge is 2.40. The molecule has 0 N–H and O–H groups in total. The molecule has 3 heteroatoms. The standard InChI is InChI=1S/C29H22O3/c1-3-27(30)31-26-19-29(22-10-6-4-7-11-22,23-12-8-5-9-13-23)32-25-17-15-21-18-20(2)14-16-24(21)28(25)26/h3-19H,1H2,2H3. The van der Waals surface area contributed by atoms with E-state index in [1.54, 1.807) is 0 Å². The molecule has 1 heterocycles. The molecule has 0 amide bonds. The second kappa shape index (κ2) is 7.86. The summed E-state index contributed by atoms with van der Waals surface area (Å²) in [6.45, 7) is 5.63. The molecule has 0 bridgehead atoms. The fraction of sp³-hybridized carbons (Fsp3) is 0.0690. The zero-order valence-corrected chi connectivity index (χ0v) is 17.7. The molecule has 1 aliphatic heterocycles. The minimum Gasteiger partial charge on any atom is -0.473 e. The zero-order chi connectivity index (χ0) is 22.1. The van der Waals surface area contributed by atoms with Crippen LogP contribution in [-0.4, -0.2) is 5.97 Å². The Balaban J connectivity index is 1.83. The highest BCUT2D eigenvalue weighted by molar-refractivity contribution is 5.99. The van der Waals surface area contributed by atoms with Gasteiger partial charge in [-0.15, -0.1) is 0 Å². The van der Waals surface area contributed by atoms with E-state index in [-0.39, 0.29) is 0 Å². The molecule has 1 aliphatic rings. The van der Waals surface area contributed by atoms with Crippen molar-refractivity contribution in [2.24, 2.45) is 0 Å². The van der Waals surface area contributed by atoms with E-state index in [0.717, 1.165) is 33.0 Å². The number of aryl methyl sites for hydroxylation is 1. The van der Waals surface area contributed by atoms with Crippen LogP contribution >= 0.6 is 0 Å². The van der Waals surface area contributed by atoms with Crippen molar-refractivity contribution in [2.45, 2.75) is 12.5 Å². The van der Waals surface area contributed by atoms with Crippen molar-refractivity contribution < 1.29 is 14.3 Å². The third kappa shape index (κ3) is 3.28. The Hall–Kier alpha value is -4.11. The predicted molar refractivity (Wildman–Crippen MR) is 127 cm³/mol. The maximum Gasteiger partial charge on any atom is 0.335 e.